The fraction of sp³-hybridized carbons (Fsp3) is 0.435. The largest absolute Gasteiger partial charge is 0.493 e. The molecule has 0 spiro atoms. The lowest BCUT2D eigenvalue weighted by molar-refractivity contribution is 0.0170. The number of anilines is 1. The zero-order valence-electron chi connectivity index (χ0n) is 18.7. The van der Waals surface area contributed by atoms with Gasteiger partial charge in [0.25, 0.3) is 0 Å². The maximum absolute atomic E-state index is 5.55. The molecule has 0 bridgehead atoms. The Bertz CT molecular complexity index is 839. The van der Waals surface area contributed by atoms with E-state index < -0.39 is 0 Å². The maximum atomic E-state index is 5.55. The molecule has 0 radical (unpaired) electrons. The van der Waals surface area contributed by atoms with Gasteiger partial charge in [0.05, 0.1) is 33.5 Å². The molecule has 0 amide bonds. The average Bonchev–Trinajstić information content (AvgIpc) is 2.80. The molecule has 1 aliphatic heterocycles. The van der Waals surface area contributed by atoms with Gasteiger partial charge in [-0.3, -0.25) is 9.89 Å². The molecule has 1 unspecified atom stereocenters. The molecule has 1 aliphatic rings. The maximum Gasteiger partial charge on any atom is 0.195 e. The predicted molar refractivity (Wildman–Crippen MR) is 136 cm³/mol. The molecule has 0 aliphatic carbocycles. The minimum Gasteiger partial charge on any atom is -0.493 e. The Morgan fingerprint density at radius 3 is 2.35 bits per heavy atom. The summed E-state index contributed by atoms with van der Waals surface area (Å²) in [5.41, 5.74) is 3.42. The first kappa shape index (κ1) is 25.2. The van der Waals surface area contributed by atoms with Gasteiger partial charge in [0.15, 0.2) is 17.5 Å². The van der Waals surface area contributed by atoms with Crippen LogP contribution >= 0.6 is 24.0 Å². The van der Waals surface area contributed by atoms with Crippen molar-refractivity contribution >= 4 is 35.6 Å². The highest BCUT2D eigenvalue weighted by Crippen LogP contribution is 2.29. The molecule has 1 heterocycles. The van der Waals surface area contributed by atoms with Gasteiger partial charge in [-0.25, -0.2) is 0 Å². The van der Waals surface area contributed by atoms with E-state index in [9.17, 15) is 0 Å². The zero-order valence-corrected chi connectivity index (χ0v) is 21.0. The summed E-state index contributed by atoms with van der Waals surface area (Å²) in [6.07, 6.45) is 0. The number of hydrogen-bond acceptors (Lipinski definition) is 5. The number of aliphatic imine (C=N–C) groups is 1. The van der Waals surface area contributed by atoms with E-state index in [4.69, 9.17) is 14.2 Å². The Balaban J connectivity index is 0.00000341. The first-order valence-corrected chi connectivity index (χ1v) is 10.2. The van der Waals surface area contributed by atoms with E-state index >= 15 is 0 Å². The number of methoxy groups -OCH3 is 2. The number of benzene rings is 2. The minimum absolute atomic E-state index is 0. The highest BCUT2D eigenvalue weighted by atomic mass is 127. The van der Waals surface area contributed by atoms with Gasteiger partial charge in [-0.1, -0.05) is 29.8 Å². The van der Waals surface area contributed by atoms with Crippen molar-refractivity contribution in [3.8, 4) is 11.5 Å². The van der Waals surface area contributed by atoms with Crippen LogP contribution in [0.15, 0.2) is 47.5 Å². The second-order valence-electron chi connectivity index (χ2n) is 7.22. The fourth-order valence-electron chi connectivity index (χ4n) is 3.56. The molecule has 1 atom stereocenters. The molecule has 31 heavy (non-hydrogen) atoms. The lowest BCUT2D eigenvalue weighted by Crippen LogP contribution is -2.44. The van der Waals surface area contributed by atoms with Gasteiger partial charge in [0.1, 0.15) is 0 Å². The van der Waals surface area contributed by atoms with E-state index in [1.807, 2.05) is 18.2 Å². The second-order valence-corrected chi connectivity index (χ2v) is 7.22. The predicted octanol–water partition coefficient (Wildman–Crippen LogP) is 3.69. The van der Waals surface area contributed by atoms with Gasteiger partial charge in [-0.05, 0) is 24.6 Å². The highest BCUT2D eigenvalue weighted by Gasteiger charge is 2.23. The van der Waals surface area contributed by atoms with Crippen molar-refractivity contribution in [2.75, 3.05) is 59.4 Å². The number of rotatable bonds is 7. The van der Waals surface area contributed by atoms with Gasteiger partial charge < -0.3 is 24.8 Å². The van der Waals surface area contributed by atoms with Crippen LogP contribution in [0.3, 0.4) is 0 Å². The van der Waals surface area contributed by atoms with Crippen molar-refractivity contribution in [1.29, 1.82) is 0 Å². The summed E-state index contributed by atoms with van der Waals surface area (Å²) in [5, 5.41) is 6.81. The average molecular weight is 540 g/mol. The van der Waals surface area contributed by atoms with E-state index in [0.29, 0.717) is 17.5 Å². The fourth-order valence-corrected chi connectivity index (χ4v) is 3.56. The first-order valence-electron chi connectivity index (χ1n) is 10.2. The number of aryl methyl sites for hydroxylation is 1. The van der Waals surface area contributed by atoms with Crippen LogP contribution in [0.25, 0.3) is 0 Å². The van der Waals surface area contributed by atoms with E-state index in [1.165, 1.54) is 11.1 Å². The van der Waals surface area contributed by atoms with Crippen molar-refractivity contribution in [1.82, 2.24) is 10.2 Å². The van der Waals surface area contributed by atoms with Crippen molar-refractivity contribution in [3.05, 3.63) is 53.6 Å². The Morgan fingerprint density at radius 2 is 1.74 bits per heavy atom. The molecule has 170 valence electrons. The summed E-state index contributed by atoms with van der Waals surface area (Å²) in [7, 11) is 5.03. The molecule has 0 saturated carbocycles. The van der Waals surface area contributed by atoms with E-state index in [-0.39, 0.29) is 30.0 Å². The highest BCUT2D eigenvalue weighted by molar-refractivity contribution is 14.0. The van der Waals surface area contributed by atoms with Crippen LogP contribution in [0, 0.1) is 6.92 Å². The minimum atomic E-state index is 0. The summed E-state index contributed by atoms with van der Waals surface area (Å²) in [4.78, 5) is 6.85. The Labute approximate surface area is 202 Å². The van der Waals surface area contributed by atoms with Crippen molar-refractivity contribution in [2.45, 2.75) is 13.0 Å². The molecular formula is C23H33IN4O3. The van der Waals surface area contributed by atoms with Gasteiger partial charge >= 0.3 is 0 Å². The van der Waals surface area contributed by atoms with E-state index in [1.54, 1.807) is 21.3 Å². The lowest BCUT2D eigenvalue weighted by Gasteiger charge is -2.35. The topological polar surface area (TPSA) is 67.4 Å². The first-order chi connectivity index (χ1) is 14.6. The lowest BCUT2D eigenvalue weighted by atomic mass is 10.0. The molecule has 2 N–H and O–H groups in total. The van der Waals surface area contributed by atoms with Crippen LogP contribution in [-0.4, -0.2) is 65.0 Å². The summed E-state index contributed by atoms with van der Waals surface area (Å²) in [6, 6.07) is 14.7. The molecule has 2 aromatic rings. The van der Waals surface area contributed by atoms with Crippen LogP contribution in [0.4, 0.5) is 5.69 Å². The van der Waals surface area contributed by atoms with Crippen molar-refractivity contribution in [3.63, 3.8) is 0 Å². The van der Waals surface area contributed by atoms with Gasteiger partial charge in [0, 0.05) is 38.4 Å². The Kier molecular flexibility index (Phi) is 10.4. The van der Waals surface area contributed by atoms with Crippen molar-refractivity contribution < 1.29 is 14.2 Å². The summed E-state index contributed by atoms with van der Waals surface area (Å²) < 4.78 is 16.3. The molecule has 1 saturated heterocycles. The van der Waals surface area contributed by atoms with Crippen LogP contribution < -0.4 is 20.1 Å². The number of ether oxygens (including phenoxy) is 3. The summed E-state index contributed by atoms with van der Waals surface area (Å²) in [5.74, 6) is 2.06. The molecule has 7 nitrogen and oxygen atoms in total. The summed E-state index contributed by atoms with van der Waals surface area (Å²) in [6.45, 7) is 6.21. The van der Waals surface area contributed by atoms with Gasteiger partial charge in [0.2, 0.25) is 0 Å². The van der Waals surface area contributed by atoms with Crippen molar-refractivity contribution in [2.24, 2.45) is 4.99 Å². The number of nitrogens with zero attached hydrogens (tertiary/aromatic N) is 2. The SMILES string of the molecule is CN=C(NCC(c1ccc(C)cc1)N1CCOCC1)Nc1ccc(OC)c(OC)c1.I. The van der Waals surface area contributed by atoms with Crippen LogP contribution in [0.1, 0.15) is 17.2 Å². The zero-order chi connectivity index (χ0) is 21.3. The van der Waals surface area contributed by atoms with Gasteiger partial charge in [-0.15, -0.1) is 24.0 Å². The molecule has 3 rings (SSSR count). The standard InChI is InChI=1S/C23H32N4O3.HI/c1-17-5-7-18(8-6-17)20(27-11-13-30-14-12-27)16-25-23(24-2)26-19-9-10-21(28-3)22(15-19)29-4;/h5-10,15,20H,11-14,16H2,1-4H3,(H2,24,25,26);1H. The Morgan fingerprint density at radius 1 is 1.06 bits per heavy atom. The molecule has 1 fully saturated rings. The Hall–Kier alpha value is -2.04. The summed E-state index contributed by atoms with van der Waals surface area (Å²) >= 11 is 0. The molecule has 2 aromatic carbocycles. The monoisotopic (exact) mass is 540 g/mol. The second kappa shape index (κ2) is 12.7. The third kappa shape index (κ3) is 6.98. The molecular weight excluding hydrogens is 507 g/mol. The van der Waals surface area contributed by atoms with Crippen LogP contribution in [0.2, 0.25) is 0 Å². The normalized spacial score (nSPS) is 15.5. The third-order valence-corrected chi connectivity index (χ3v) is 5.28. The number of hydrogen-bond donors (Lipinski definition) is 2. The third-order valence-electron chi connectivity index (χ3n) is 5.28. The van der Waals surface area contributed by atoms with Gasteiger partial charge in [-0.2, -0.15) is 0 Å². The smallest absolute Gasteiger partial charge is 0.195 e. The van der Waals surface area contributed by atoms with Crippen LogP contribution in [-0.2, 0) is 4.74 Å². The number of halogens is 1. The van der Waals surface area contributed by atoms with Crippen LogP contribution in [0.5, 0.6) is 11.5 Å². The number of guanidine groups is 1. The number of nitrogens with one attached hydrogen (secondary N) is 2. The molecule has 0 aromatic heterocycles. The number of morpholine rings is 1. The van der Waals surface area contributed by atoms with E-state index in [0.717, 1.165) is 38.5 Å². The quantitative estimate of drug-likeness (QED) is 0.318. The molecule has 8 heteroatoms. The van der Waals surface area contributed by atoms with E-state index in [2.05, 4.69) is 51.7 Å².